The standard InChI is InChI=1S/C11H12Cl2O3/c1-11(4-5-14,10(15)16)8-6-7(12)2-3-9(8)13/h2-3,6,14H,4-5H2,1H3,(H,15,16). The van der Waals surface area contributed by atoms with Gasteiger partial charge in [0.25, 0.3) is 0 Å². The zero-order chi connectivity index (χ0) is 12.3. The van der Waals surface area contributed by atoms with E-state index in [2.05, 4.69) is 0 Å². The molecule has 88 valence electrons. The molecule has 0 radical (unpaired) electrons. The quantitative estimate of drug-likeness (QED) is 0.878. The number of carbonyl (C=O) groups is 1. The van der Waals surface area contributed by atoms with Gasteiger partial charge in [-0.15, -0.1) is 0 Å². The Hall–Kier alpha value is -0.770. The third-order valence-electron chi connectivity index (χ3n) is 2.61. The highest BCUT2D eigenvalue weighted by molar-refractivity contribution is 6.33. The van der Waals surface area contributed by atoms with Gasteiger partial charge in [0.2, 0.25) is 0 Å². The Balaban J connectivity index is 3.31. The summed E-state index contributed by atoms with van der Waals surface area (Å²) in [7, 11) is 0. The van der Waals surface area contributed by atoms with Gasteiger partial charge in [-0.25, -0.2) is 0 Å². The second-order valence-electron chi connectivity index (χ2n) is 3.74. The van der Waals surface area contributed by atoms with E-state index in [1.807, 2.05) is 0 Å². The molecule has 1 rings (SSSR count). The first-order chi connectivity index (χ1) is 7.41. The molecule has 3 nitrogen and oxygen atoms in total. The molecular weight excluding hydrogens is 251 g/mol. The van der Waals surface area contributed by atoms with Gasteiger partial charge in [-0.1, -0.05) is 23.2 Å². The fraction of sp³-hybridized carbons (Fsp3) is 0.364. The molecule has 0 bridgehead atoms. The average Bonchev–Trinajstić information content (AvgIpc) is 2.21. The van der Waals surface area contributed by atoms with Gasteiger partial charge in [-0.3, -0.25) is 4.79 Å². The second kappa shape index (κ2) is 5.04. The van der Waals surface area contributed by atoms with Gasteiger partial charge in [-0.2, -0.15) is 0 Å². The molecule has 1 atom stereocenters. The first-order valence-electron chi connectivity index (χ1n) is 4.71. The number of hydrogen-bond donors (Lipinski definition) is 2. The fourth-order valence-corrected chi connectivity index (χ4v) is 2.00. The molecule has 0 amide bonds. The predicted molar refractivity (Wildman–Crippen MR) is 63.2 cm³/mol. The van der Waals surface area contributed by atoms with E-state index in [-0.39, 0.29) is 13.0 Å². The molecule has 0 saturated heterocycles. The lowest BCUT2D eigenvalue weighted by atomic mass is 9.80. The van der Waals surface area contributed by atoms with Crippen LogP contribution in [0.4, 0.5) is 0 Å². The van der Waals surface area contributed by atoms with Crippen molar-refractivity contribution in [2.24, 2.45) is 0 Å². The highest BCUT2D eigenvalue weighted by Crippen LogP contribution is 2.35. The molecule has 0 saturated carbocycles. The largest absolute Gasteiger partial charge is 0.481 e. The maximum absolute atomic E-state index is 11.3. The maximum Gasteiger partial charge on any atom is 0.313 e. The number of carboxylic acids is 1. The van der Waals surface area contributed by atoms with E-state index in [4.69, 9.17) is 28.3 Å². The molecular formula is C11H12Cl2O3. The second-order valence-corrected chi connectivity index (χ2v) is 4.58. The minimum atomic E-state index is -1.23. The molecule has 0 aliphatic heterocycles. The van der Waals surface area contributed by atoms with E-state index in [1.165, 1.54) is 13.0 Å². The lowest BCUT2D eigenvalue weighted by Gasteiger charge is -2.25. The lowest BCUT2D eigenvalue weighted by Crippen LogP contribution is -2.33. The minimum absolute atomic E-state index is 0.0857. The number of halogens is 2. The van der Waals surface area contributed by atoms with Gasteiger partial charge in [-0.05, 0) is 37.1 Å². The average molecular weight is 263 g/mol. The van der Waals surface area contributed by atoms with Crippen LogP contribution in [0.3, 0.4) is 0 Å². The van der Waals surface area contributed by atoms with Crippen LogP contribution in [0.5, 0.6) is 0 Å². The predicted octanol–water partition coefficient (Wildman–Crippen LogP) is 2.72. The molecule has 1 aromatic rings. The Bertz CT molecular complexity index is 406. The van der Waals surface area contributed by atoms with Crippen molar-refractivity contribution in [1.82, 2.24) is 0 Å². The monoisotopic (exact) mass is 262 g/mol. The molecule has 0 fully saturated rings. The Morgan fingerprint density at radius 2 is 2.06 bits per heavy atom. The van der Waals surface area contributed by atoms with Crippen molar-refractivity contribution in [1.29, 1.82) is 0 Å². The highest BCUT2D eigenvalue weighted by Gasteiger charge is 2.36. The fourth-order valence-electron chi connectivity index (χ4n) is 1.50. The SMILES string of the molecule is CC(CCO)(C(=O)O)c1cc(Cl)ccc1Cl. The van der Waals surface area contributed by atoms with Crippen molar-refractivity contribution in [2.45, 2.75) is 18.8 Å². The summed E-state index contributed by atoms with van der Waals surface area (Å²) in [4.78, 5) is 11.3. The van der Waals surface area contributed by atoms with Crippen molar-refractivity contribution in [3.05, 3.63) is 33.8 Å². The van der Waals surface area contributed by atoms with Crippen molar-refractivity contribution in [2.75, 3.05) is 6.61 Å². The number of aliphatic hydroxyl groups is 1. The van der Waals surface area contributed by atoms with Gasteiger partial charge >= 0.3 is 5.97 Å². The summed E-state index contributed by atoms with van der Waals surface area (Å²) >= 11 is 11.8. The van der Waals surface area contributed by atoms with E-state index < -0.39 is 11.4 Å². The van der Waals surface area contributed by atoms with Crippen molar-refractivity contribution in [3.8, 4) is 0 Å². The minimum Gasteiger partial charge on any atom is -0.481 e. The highest BCUT2D eigenvalue weighted by atomic mass is 35.5. The zero-order valence-corrected chi connectivity index (χ0v) is 10.2. The number of benzene rings is 1. The zero-order valence-electron chi connectivity index (χ0n) is 8.70. The summed E-state index contributed by atoms with van der Waals surface area (Å²) in [5.41, 5.74) is -0.806. The van der Waals surface area contributed by atoms with E-state index in [0.29, 0.717) is 15.6 Å². The van der Waals surface area contributed by atoms with Gasteiger partial charge in [0.15, 0.2) is 0 Å². The van der Waals surface area contributed by atoms with Gasteiger partial charge in [0, 0.05) is 16.7 Å². The van der Waals surface area contributed by atoms with E-state index in [9.17, 15) is 9.90 Å². The van der Waals surface area contributed by atoms with Crippen LogP contribution in [0.2, 0.25) is 10.0 Å². The Labute approximate surface area is 104 Å². The van der Waals surface area contributed by atoms with Crippen LogP contribution in [-0.4, -0.2) is 22.8 Å². The van der Waals surface area contributed by atoms with Crippen LogP contribution >= 0.6 is 23.2 Å². The summed E-state index contributed by atoms with van der Waals surface area (Å²) < 4.78 is 0. The Morgan fingerprint density at radius 3 is 2.56 bits per heavy atom. The molecule has 0 spiro atoms. The molecule has 1 unspecified atom stereocenters. The topological polar surface area (TPSA) is 57.5 Å². The van der Waals surface area contributed by atoms with Gasteiger partial charge in [0.1, 0.15) is 0 Å². The summed E-state index contributed by atoms with van der Waals surface area (Å²) in [6.07, 6.45) is 0.0857. The third-order valence-corrected chi connectivity index (χ3v) is 3.17. The van der Waals surface area contributed by atoms with Gasteiger partial charge in [0.05, 0.1) is 5.41 Å². The van der Waals surface area contributed by atoms with Crippen molar-refractivity contribution in [3.63, 3.8) is 0 Å². The van der Waals surface area contributed by atoms with Crippen LogP contribution in [-0.2, 0) is 10.2 Å². The van der Waals surface area contributed by atoms with Crippen LogP contribution in [0, 0.1) is 0 Å². The Morgan fingerprint density at radius 1 is 1.44 bits per heavy atom. The number of aliphatic carboxylic acids is 1. The van der Waals surface area contributed by atoms with Crippen molar-refractivity contribution >= 4 is 29.2 Å². The molecule has 0 heterocycles. The summed E-state index contributed by atoms with van der Waals surface area (Å²) in [6, 6.07) is 4.67. The first-order valence-corrected chi connectivity index (χ1v) is 5.47. The summed E-state index contributed by atoms with van der Waals surface area (Å²) in [5.74, 6) is -1.04. The summed E-state index contributed by atoms with van der Waals surface area (Å²) in [6.45, 7) is 1.29. The molecule has 16 heavy (non-hydrogen) atoms. The molecule has 0 aliphatic carbocycles. The molecule has 2 N–H and O–H groups in total. The molecule has 0 aliphatic rings. The molecule has 0 aromatic heterocycles. The van der Waals surface area contributed by atoms with Gasteiger partial charge < -0.3 is 10.2 Å². The van der Waals surface area contributed by atoms with Crippen molar-refractivity contribution < 1.29 is 15.0 Å². The lowest BCUT2D eigenvalue weighted by molar-refractivity contribution is -0.143. The first kappa shape index (κ1) is 13.3. The van der Waals surface area contributed by atoms with Crippen LogP contribution < -0.4 is 0 Å². The number of hydrogen-bond acceptors (Lipinski definition) is 2. The van der Waals surface area contributed by atoms with Crippen LogP contribution in [0.25, 0.3) is 0 Å². The number of carboxylic acid groups (broad SMARTS) is 1. The van der Waals surface area contributed by atoms with E-state index in [0.717, 1.165) is 0 Å². The third kappa shape index (κ3) is 2.48. The van der Waals surface area contributed by atoms with E-state index >= 15 is 0 Å². The normalized spacial score (nSPS) is 14.5. The summed E-state index contributed by atoms with van der Waals surface area (Å²) in [5, 5.41) is 18.9. The Kier molecular flexibility index (Phi) is 4.19. The molecule has 1 aromatic carbocycles. The van der Waals surface area contributed by atoms with E-state index in [1.54, 1.807) is 12.1 Å². The van der Waals surface area contributed by atoms with Crippen LogP contribution in [0.15, 0.2) is 18.2 Å². The maximum atomic E-state index is 11.3. The number of aliphatic hydroxyl groups excluding tert-OH is 1. The smallest absolute Gasteiger partial charge is 0.313 e. The molecule has 5 heteroatoms. The van der Waals surface area contributed by atoms with Crippen LogP contribution in [0.1, 0.15) is 18.9 Å². The number of rotatable bonds is 4.